The molecule has 3 nitrogen and oxygen atoms in total. The maximum Gasteiger partial charge on any atom is 0.100 e. The molecule has 1 aromatic rings. The molecule has 0 spiro atoms. The summed E-state index contributed by atoms with van der Waals surface area (Å²) in [6, 6.07) is 4.13. The number of aliphatic hydroxyl groups excluding tert-OH is 1. The van der Waals surface area contributed by atoms with Gasteiger partial charge in [-0.2, -0.15) is 5.26 Å². The van der Waals surface area contributed by atoms with Crippen LogP contribution >= 0.6 is 11.3 Å². The molecule has 0 aliphatic heterocycles. The van der Waals surface area contributed by atoms with Crippen LogP contribution in [0, 0.1) is 11.3 Å². The lowest BCUT2D eigenvalue weighted by molar-refractivity contribution is 0.238. The number of hydrogen-bond donors (Lipinski definition) is 2. The number of rotatable bonds is 5. The Kier molecular flexibility index (Phi) is 4.60. The van der Waals surface area contributed by atoms with Gasteiger partial charge in [-0.25, -0.2) is 0 Å². The first-order valence-electron chi connectivity index (χ1n) is 4.62. The van der Waals surface area contributed by atoms with Crippen molar-refractivity contribution in [3.8, 4) is 6.07 Å². The van der Waals surface area contributed by atoms with Crippen LogP contribution in [-0.2, 0) is 6.54 Å². The molecule has 0 amide bonds. The monoisotopic (exact) mass is 210 g/mol. The lowest BCUT2D eigenvalue weighted by Gasteiger charge is -2.12. The Morgan fingerprint density at radius 1 is 1.71 bits per heavy atom. The van der Waals surface area contributed by atoms with Crippen molar-refractivity contribution in [2.24, 2.45) is 0 Å². The Labute approximate surface area is 88.0 Å². The minimum atomic E-state index is 0.155. The molecule has 0 radical (unpaired) electrons. The van der Waals surface area contributed by atoms with Gasteiger partial charge >= 0.3 is 0 Å². The van der Waals surface area contributed by atoms with E-state index in [4.69, 9.17) is 10.4 Å². The van der Waals surface area contributed by atoms with Crippen molar-refractivity contribution in [2.45, 2.75) is 25.9 Å². The molecule has 2 N–H and O–H groups in total. The van der Waals surface area contributed by atoms with Gasteiger partial charge in [-0.3, -0.25) is 0 Å². The quantitative estimate of drug-likeness (QED) is 0.774. The molecule has 1 unspecified atom stereocenters. The number of hydrogen-bond acceptors (Lipinski definition) is 4. The fourth-order valence-electron chi connectivity index (χ4n) is 1.11. The van der Waals surface area contributed by atoms with Crippen LogP contribution in [0.3, 0.4) is 0 Å². The molecule has 0 aromatic carbocycles. The van der Waals surface area contributed by atoms with E-state index < -0.39 is 0 Å². The van der Waals surface area contributed by atoms with Crippen LogP contribution in [0.25, 0.3) is 0 Å². The fourth-order valence-corrected chi connectivity index (χ4v) is 1.88. The summed E-state index contributed by atoms with van der Waals surface area (Å²) >= 11 is 1.57. The molecule has 1 atom stereocenters. The molecule has 1 rings (SSSR count). The third kappa shape index (κ3) is 3.11. The van der Waals surface area contributed by atoms with E-state index in [1.54, 1.807) is 11.3 Å². The fraction of sp³-hybridized carbons (Fsp3) is 0.500. The van der Waals surface area contributed by atoms with Crippen LogP contribution in [0.15, 0.2) is 11.4 Å². The van der Waals surface area contributed by atoms with Crippen molar-refractivity contribution in [1.82, 2.24) is 5.32 Å². The number of nitriles is 1. The summed E-state index contributed by atoms with van der Waals surface area (Å²) in [6.45, 7) is 2.92. The molecule has 0 aliphatic carbocycles. The van der Waals surface area contributed by atoms with Crippen molar-refractivity contribution >= 4 is 11.3 Å². The van der Waals surface area contributed by atoms with Crippen molar-refractivity contribution in [3.63, 3.8) is 0 Å². The molecular formula is C10H14N2OS. The van der Waals surface area contributed by atoms with E-state index in [9.17, 15) is 0 Å². The summed E-state index contributed by atoms with van der Waals surface area (Å²) in [5, 5.41) is 22.6. The summed E-state index contributed by atoms with van der Waals surface area (Å²) in [4.78, 5) is 1.13. The van der Waals surface area contributed by atoms with Gasteiger partial charge in [0.2, 0.25) is 0 Å². The number of aliphatic hydroxyl groups is 1. The van der Waals surface area contributed by atoms with E-state index >= 15 is 0 Å². The molecule has 14 heavy (non-hydrogen) atoms. The third-order valence-electron chi connectivity index (χ3n) is 2.06. The first-order valence-corrected chi connectivity index (χ1v) is 5.49. The van der Waals surface area contributed by atoms with E-state index in [2.05, 4.69) is 11.4 Å². The molecule has 0 saturated heterocycles. The Bertz CT molecular complexity index is 312. The molecule has 0 fully saturated rings. The average Bonchev–Trinajstić information content (AvgIpc) is 2.67. The van der Waals surface area contributed by atoms with Crippen molar-refractivity contribution < 1.29 is 5.11 Å². The summed E-state index contributed by atoms with van der Waals surface area (Å²) in [5.74, 6) is 0. The van der Waals surface area contributed by atoms with Gasteiger partial charge in [-0.1, -0.05) is 6.92 Å². The number of nitrogens with one attached hydrogen (secondary N) is 1. The molecule has 76 valence electrons. The van der Waals surface area contributed by atoms with Gasteiger partial charge in [0.05, 0.1) is 12.2 Å². The van der Waals surface area contributed by atoms with Gasteiger partial charge in [-0.05, 0) is 12.5 Å². The van der Waals surface area contributed by atoms with E-state index in [1.807, 2.05) is 18.4 Å². The summed E-state index contributed by atoms with van der Waals surface area (Å²) < 4.78 is 0. The van der Waals surface area contributed by atoms with Gasteiger partial charge < -0.3 is 10.4 Å². The van der Waals surface area contributed by atoms with Crippen LogP contribution in [0.2, 0.25) is 0 Å². The van der Waals surface area contributed by atoms with E-state index in [1.165, 1.54) is 0 Å². The second-order valence-electron chi connectivity index (χ2n) is 3.08. The SMILES string of the molecule is CCC(CO)NCc1cc(C#N)cs1. The molecule has 1 aromatic heterocycles. The molecule has 0 aliphatic rings. The second kappa shape index (κ2) is 5.76. The number of thiophene rings is 1. The zero-order chi connectivity index (χ0) is 10.4. The largest absolute Gasteiger partial charge is 0.395 e. The van der Waals surface area contributed by atoms with Crippen LogP contribution in [0.5, 0.6) is 0 Å². The third-order valence-corrected chi connectivity index (χ3v) is 3.00. The van der Waals surface area contributed by atoms with Gasteiger partial charge in [0.1, 0.15) is 6.07 Å². The molecule has 0 saturated carbocycles. The van der Waals surface area contributed by atoms with E-state index in [0.29, 0.717) is 5.56 Å². The van der Waals surface area contributed by atoms with Crippen molar-refractivity contribution in [1.29, 1.82) is 5.26 Å². The Morgan fingerprint density at radius 2 is 2.50 bits per heavy atom. The minimum absolute atomic E-state index is 0.155. The Morgan fingerprint density at radius 3 is 3.00 bits per heavy atom. The van der Waals surface area contributed by atoms with Crippen LogP contribution in [0.1, 0.15) is 23.8 Å². The number of nitrogens with zero attached hydrogens (tertiary/aromatic N) is 1. The standard InChI is InChI=1S/C10H14N2OS/c1-2-9(6-13)12-5-10-3-8(4-11)7-14-10/h3,7,9,12-13H,2,5-6H2,1H3. The van der Waals surface area contributed by atoms with E-state index in [0.717, 1.165) is 17.8 Å². The first-order chi connectivity index (χ1) is 6.80. The predicted molar refractivity (Wildman–Crippen MR) is 57.0 cm³/mol. The van der Waals surface area contributed by atoms with Gasteiger partial charge in [-0.15, -0.1) is 11.3 Å². The van der Waals surface area contributed by atoms with Crippen LogP contribution in [-0.4, -0.2) is 17.8 Å². The molecule has 0 bridgehead atoms. The van der Waals surface area contributed by atoms with E-state index in [-0.39, 0.29) is 12.6 Å². The maximum absolute atomic E-state index is 8.94. The molecular weight excluding hydrogens is 196 g/mol. The highest BCUT2D eigenvalue weighted by Crippen LogP contribution is 2.13. The average molecular weight is 210 g/mol. The van der Waals surface area contributed by atoms with Gasteiger partial charge in [0.25, 0.3) is 0 Å². The summed E-state index contributed by atoms with van der Waals surface area (Å²) in [6.07, 6.45) is 0.910. The van der Waals surface area contributed by atoms with Crippen LogP contribution < -0.4 is 5.32 Å². The topological polar surface area (TPSA) is 56.0 Å². The van der Waals surface area contributed by atoms with Gasteiger partial charge in [0, 0.05) is 22.8 Å². The second-order valence-corrected chi connectivity index (χ2v) is 4.08. The maximum atomic E-state index is 8.94. The van der Waals surface area contributed by atoms with Crippen molar-refractivity contribution in [3.05, 3.63) is 21.9 Å². The lowest BCUT2D eigenvalue weighted by atomic mass is 10.2. The molecule has 1 heterocycles. The highest BCUT2D eigenvalue weighted by molar-refractivity contribution is 7.10. The lowest BCUT2D eigenvalue weighted by Crippen LogP contribution is -2.30. The van der Waals surface area contributed by atoms with Crippen molar-refractivity contribution in [2.75, 3.05) is 6.61 Å². The summed E-state index contributed by atoms with van der Waals surface area (Å²) in [7, 11) is 0. The van der Waals surface area contributed by atoms with Crippen LogP contribution in [0.4, 0.5) is 0 Å². The smallest absolute Gasteiger partial charge is 0.100 e. The van der Waals surface area contributed by atoms with Gasteiger partial charge in [0.15, 0.2) is 0 Å². The highest BCUT2D eigenvalue weighted by atomic mass is 32.1. The Balaban J connectivity index is 2.41. The Hall–Kier alpha value is -0.890. The minimum Gasteiger partial charge on any atom is -0.395 e. The zero-order valence-corrected chi connectivity index (χ0v) is 8.97. The normalized spacial score (nSPS) is 12.4. The molecule has 4 heteroatoms. The highest BCUT2D eigenvalue weighted by Gasteiger charge is 2.04. The summed E-state index contributed by atoms with van der Waals surface area (Å²) in [5.41, 5.74) is 0.712. The zero-order valence-electron chi connectivity index (χ0n) is 8.16. The predicted octanol–water partition coefficient (Wildman–Crippen LogP) is 1.48. The first kappa shape index (κ1) is 11.2.